The van der Waals surface area contributed by atoms with Crippen molar-refractivity contribution < 1.29 is 4.39 Å². The number of hydrogen-bond donors (Lipinski definition) is 0. The van der Waals surface area contributed by atoms with Crippen LogP contribution in [0.15, 0.2) is 0 Å². The summed E-state index contributed by atoms with van der Waals surface area (Å²) < 4.78 is 14.6. The Morgan fingerprint density at radius 2 is 1.80 bits per heavy atom. The molecule has 15 heavy (non-hydrogen) atoms. The highest BCUT2D eigenvalue weighted by Gasteiger charge is 2.28. The van der Waals surface area contributed by atoms with Crippen LogP contribution in [0.5, 0.6) is 0 Å². The minimum absolute atomic E-state index is 0.355. The fourth-order valence-electron chi connectivity index (χ4n) is 1.34. The van der Waals surface area contributed by atoms with Gasteiger partial charge in [-0.1, -0.05) is 0 Å². The topological polar surface area (TPSA) is 6.48 Å². The molecule has 0 saturated carbocycles. The van der Waals surface area contributed by atoms with Crippen molar-refractivity contribution in [2.45, 2.75) is 44.8 Å². The van der Waals surface area contributed by atoms with Gasteiger partial charge in [0.25, 0.3) is 0 Å². The third-order valence-corrected chi connectivity index (χ3v) is 3.22. The average Bonchev–Trinajstić information content (AvgIpc) is 2.01. The Morgan fingerprint density at radius 3 is 2.20 bits per heavy atom. The van der Waals surface area contributed by atoms with Gasteiger partial charge in [0.05, 0.1) is 0 Å². The van der Waals surface area contributed by atoms with Crippen LogP contribution in [-0.2, 0) is 0 Å². The molecule has 5 heteroatoms. The minimum Gasteiger partial charge on any atom is -0.309 e. The Kier molecular flexibility index (Phi) is 7.09. The summed E-state index contributed by atoms with van der Waals surface area (Å²) in [5, 5.41) is 0. The summed E-state index contributed by atoms with van der Waals surface area (Å²) >= 11 is 11.2. The lowest BCUT2D eigenvalue weighted by molar-refractivity contribution is 0.198. The maximum absolute atomic E-state index is 13.5. The standard InChI is InChI=1S/C10H21Cl2FN2/c1-10(2,15(11)12)8-9(13)6-5-7-14(3)4/h9H,5-8H2,1-4H3. The summed E-state index contributed by atoms with van der Waals surface area (Å²) in [6, 6.07) is 0. The van der Waals surface area contributed by atoms with Crippen LogP contribution in [0.25, 0.3) is 0 Å². The Bertz CT molecular complexity index is 175. The van der Waals surface area contributed by atoms with Gasteiger partial charge in [-0.3, -0.25) is 0 Å². The molecule has 0 spiro atoms. The van der Waals surface area contributed by atoms with Gasteiger partial charge < -0.3 is 4.90 Å². The van der Waals surface area contributed by atoms with E-state index in [4.69, 9.17) is 23.6 Å². The molecule has 0 radical (unpaired) electrons. The van der Waals surface area contributed by atoms with Crippen molar-refractivity contribution in [1.82, 2.24) is 8.84 Å². The largest absolute Gasteiger partial charge is 0.309 e. The van der Waals surface area contributed by atoms with Gasteiger partial charge >= 0.3 is 0 Å². The lowest BCUT2D eigenvalue weighted by Crippen LogP contribution is -2.34. The van der Waals surface area contributed by atoms with E-state index in [9.17, 15) is 4.39 Å². The molecule has 0 amide bonds. The van der Waals surface area contributed by atoms with Gasteiger partial charge in [0, 0.05) is 5.54 Å². The van der Waals surface area contributed by atoms with Crippen LogP contribution in [0.4, 0.5) is 4.39 Å². The van der Waals surface area contributed by atoms with E-state index in [0.29, 0.717) is 12.8 Å². The second-order valence-electron chi connectivity index (χ2n) is 4.79. The summed E-state index contributed by atoms with van der Waals surface area (Å²) in [5.74, 6) is 0. The monoisotopic (exact) mass is 258 g/mol. The first kappa shape index (κ1) is 15.4. The average molecular weight is 259 g/mol. The van der Waals surface area contributed by atoms with Gasteiger partial charge in [-0.15, -0.1) is 3.94 Å². The van der Waals surface area contributed by atoms with E-state index in [2.05, 4.69) is 0 Å². The SMILES string of the molecule is CN(C)CCCC(F)CC(C)(C)N(Cl)Cl. The molecule has 0 aliphatic rings. The molecule has 1 atom stereocenters. The molecule has 0 aliphatic carbocycles. The van der Waals surface area contributed by atoms with E-state index in [1.165, 1.54) is 0 Å². The van der Waals surface area contributed by atoms with Crippen molar-refractivity contribution >= 4 is 23.6 Å². The molecule has 2 nitrogen and oxygen atoms in total. The predicted molar refractivity (Wildman–Crippen MR) is 64.9 cm³/mol. The zero-order chi connectivity index (χ0) is 12.1. The van der Waals surface area contributed by atoms with Crippen molar-refractivity contribution in [3.05, 3.63) is 0 Å². The molecular formula is C10H21Cl2FN2. The van der Waals surface area contributed by atoms with E-state index in [-0.39, 0.29) is 0 Å². The van der Waals surface area contributed by atoms with Crippen molar-refractivity contribution in [2.75, 3.05) is 20.6 Å². The van der Waals surface area contributed by atoms with Gasteiger partial charge in [0.1, 0.15) is 6.17 Å². The zero-order valence-corrected chi connectivity index (χ0v) is 11.4. The second kappa shape index (κ2) is 6.89. The fourth-order valence-corrected chi connectivity index (χ4v) is 1.48. The maximum Gasteiger partial charge on any atom is 0.102 e. The molecule has 0 rings (SSSR count). The number of rotatable bonds is 7. The predicted octanol–water partition coefficient (Wildman–Crippen LogP) is 3.44. The molecule has 92 valence electrons. The molecule has 0 saturated heterocycles. The first-order valence-corrected chi connectivity index (χ1v) is 5.84. The highest BCUT2D eigenvalue weighted by Crippen LogP contribution is 2.27. The molecule has 0 N–H and O–H groups in total. The van der Waals surface area contributed by atoms with Crippen LogP contribution in [0.1, 0.15) is 33.1 Å². The Hall–Kier alpha value is 0.430. The molecular weight excluding hydrogens is 238 g/mol. The summed E-state index contributed by atoms with van der Waals surface area (Å²) in [5.41, 5.74) is -0.513. The number of halogens is 3. The molecule has 0 heterocycles. The Balaban J connectivity index is 3.78. The molecule has 0 bridgehead atoms. The van der Waals surface area contributed by atoms with Gasteiger partial charge in [0.2, 0.25) is 0 Å². The highest BCUT2D eigenvalue weighted by molar-refractivity contribution is 6.34. The summed E-state index contributed by atoms with van der Waals surface area (Å²) in [6.45, 7) is 4.56. The number of nitrogens with zero attached hydrogens (tertiary/aromatic N) is 2. The number of hydrogen-bond acceptors (Lipinski definition) is 2. The zero-order valence-electron chi connectivity index (χ0n) is 9.93. The van der Waals surface area contributed by atoms with Crippen LogP contribution in [-0.4, -0.2) is 41.2 Å². The van der Waals surface area contributed by atoms with Crippen LogP contribution in [0, 0.1) is 0 Å². The molecule has 0 aromatic rings. The Morgan fingerprint density at radius 1 is 1.27 bits per heavy atom. The first-order valence-electron chi connectivity index (χ1n) is 5.16. The first-order chi connectivity index (χ1) is 6.75. The van der Waals surface area contributed by atoms with E-state index >= 15 is 0 Å². The van der Waals surface area contributed by atoms with Gasteiger partial charge in [-0.25, -0.2) is 4.39 Å². The van der Waals surface area contributed by atoms with Crippen molar-refractivity contribution in [1.29, 1.82) is 0 Å². The lowest BCUT2D eigenvalue weighted by atomic mass is 9.96. The van der Waals surface area contributed by atoms with Crippen molar-refractivity contribution in [3.63, 3.8) is 0 Å². The minimum atomic E-state index is -0.847. The number of alkyl halides is 1. The summed E-state index contributed by atoms with van der Waals surface area (Å²) in [4.78, 5) is 2.05. The quantitative estimate of drug-likeness (QED) is 0.646. The van der Waals surface area contributed by atoms with Crippen LogP contribution in [0.2, 0.25) is 0 Å². The molecule has 0 fully saturated rings. The van der Waals surface area contributed by atoms with Crippen molar-refractivity contribution in [2.24, 2.45) is 0 Å². The molecule has 0 aromatic carbocycles. The van der Waals surface area contributed by atoms with Crippen LogP contribution in [0.3, 0.4) is 0 Å². The fraction of sp³-hybridized carbons (Fsp3) is 1.00. The van der Waals surface area contributed by atoms with Crippen LogP contribution < -0.4 is 0 Å². The van der Waals surface area contributed by atoms with E-state index in [1.54, 1.807) is 0 Å². The molecule has 0 aliphatic heterocycles. The van der Waals surface area contributed by atoms with Crippen LogP contribution >= 0.6 is 23.6 Å². The van der Waals surface area contributed by atoms with E-state index in [0.717, 1.165) is 16.9 Å². The normalized spacial score (nSPS) is 15.0. The van der Waals surface area contributed by atoms with E-state index in [1.807, 2.05) is 32.8 Å². The summed E-state index contributed by atoms with van der Waals surface area (Å²) in [6.07, 6.45) is 0.922. The smallest absolute Gasteiger partial charge is 0.102 e. The third kappa shape index (κ3) is 7.34. The van der Waals surface area contributed by atoms with Crippen molar-refractivity contribution in [3.8, 4) is 0 Å². The van der Waals surface area contributed by atoms with Gasteiger partial charge in [-0.05, 0) is 77.3 Å². The van der Waals surface area contributed by atoms with Gasteiger partial charge in [0.15, 0.2) is 0 Å². The second-order valence-corrected chi connectivity index (χ2v) is 5.64. The summed E-state index contributed by atoms with van der Waals surface area (Å²) in [7, 11) is 3.97. The maximum atomic E-state index is 13.5. The third-order valence-electron chi connectivity index (χ3n) is 2.30. The lowest BCUT2D eigenvalue weighted by Gasteiger charge is -2.29. The molecule has 0 aromatic heterocycles. The van der Waals surface area contributed by atoms with E-state index < -0.39 is 11.7 Å². The molecule has 1 unspecified atom stereocenters. The highest BCUT2D eigenvalue weighted by atomic mass is 35.5. The Labute approximate surface area is 103 Å². The van der Waals surface area contributed by atoms with Gasteiger partial charge in [-0.2, -0.15) is 0 Å².